The minimum absolute atomic E-state index is 0.221. The first-order valence-electron chi connectivity index (χ1n) is 5.68. The fourth-order valence-corrected chi connectivity index (χ4v) is 1.59. The Hall–Kier alpha value is -1.89. The molecule has 0 spiro atoms. The molecule has 1 heterocycles. The second kappa shape index (κ2) is 5.00. The van der Waals surface area contributed by atoms with Gasteiger partial charge in [0, 0.05) is 6.04 Å². The van der Waals surface area contributed by atoms with Gasteiger partial charge < -0.3 is 5.73 Å². The molecular formula is C12H13F3N4. The highest BCUT2D eigenvalue weighted by molar-refractivity contribution is 5.24. The van der Waals surface area contributed by atoms with E-state index in [1.807, 2.05) is 0 Å². The molecule has 1 aromatic carbocycles. The summed E-state index contributed by atoms with van der Waals surface area (Å²) in [5.41, 5.74) is 6.35. The van der Waals surface area contributed by atoms with Crippen LogP contribution >= 0.6 is 0 Å². The molecule has 1 aromatic heterocycles. The van der Waals surface area contributed by atoms with Crippen molar-refractivity contribution in [2.24, 2.45) is 5.73 Å². The lowest BCUT2D eigenvalue weighted by atomic mass is 10.1. The Morgan fingerprint density at radius 3 is 2.37 bits per heavy atom. The van der Waals surface area contributed by atoms with Gasteiger partial charge in [-0.2, -0.15) is 13.2 Å². The van der Waals surface area contributed by atoms with E-state index in [4.69, 9.17) is 5.73 Å². The van der Waals surface area contributed by atoms with E-state index in [0.717, 1.165) is 12.1 Å². The molecule has 0 saturated heterocycles. The Bertz CT molecular complexity index is 543. The second-order valence-corrected chi connectivity index (χ2v) is 4.32. The maximum absolute atomic E-state index is 12.4. The molecule has 7 heteroatoms. The number of nitrogens with zero attached hydrogens (tertiary/aromatic N) is 3. The van der Waals surface area contributed by atoms with Gasteiger partial charge in [0.25, 0.3) is 0 Å². The van der Waals surface area contributed by atoms with Crippen LogP contribution < -0.4 is 5.73 Å². The molecule has 0 radical (unpaired) electrons. The first-order valence-corrected chi connectivity index (χ1v) is 5.68. The third-order valence-electron chi connectivity index (χ3n) is 2.65. The summed E-state index contributed by atoms with van der Waals surface area (Å²) in [6, 6.07) is 4.74. The number of benzene rings is 1. The van der Waals surface area contributed by atoms with Crippen LogP contribution in [0.2, 0.25) is 0 Å². The Kier molecular flexibility index (Phi) is 3.57. The molecule has 19 heavy (non-hydrogen) atoms. The average molecular weight is 270 g/mol. The summed E-state index contributed by atoms with van der Waals surface area (Å²) in [7, 11) is 0. The molecule has 0 aliphatic heterocycles. The fourth-order valence-electron chi connectivity index (χ4n) is 1.59. The summed E-state index contributed by atoms with van der Waals surface area (Å²) in [5.74, 6) is 0. The first kappa shape index (κ1) is 13.5. The molecule has 0 bridgehead atoms. The first-order chi connectivity index (χ1) is 8.86. The van der Waals surface area contributed by atoms with Gasteiger partial charge in [0.1, 0.15) is 0 Å². The number of aromatic nitrogens is 3. The van der Waals surface area contributed by atoms with Gasteiger partial charge >= 0.3 is 6.18 Å². The Labute approximate surface area is 108 Å². The number of halogens is 3. The summed E-state index contributed by atoms with van der Waals surface area (Å²) >= 11 is 0. The predicted octanol–water partition coefficient (Wildman–Crippen LogP) is 2.36. The fraction of sp³-hybridized carbons (Fsp3) is 0.333. The van der Waals surface area contributed by atoms with Crippen LogP contribution in [0.3, 0.4) is 0 Å². The molecule has 102 valence electrons. The molecular weight excluding hydrogens is 257 g/mol. The van der Waals surface area contributed by atoms with E-state index in [1.54, 1.807) is 17.8 Å². The Morgan fingerprint density at radius 2 is 1.89 bits per heavy atom. The third-order valence-corrected chi connectivity index (χ3v) is 2.65. The summed E-state index contributed by atoms with van der Waals surface area (Å²) in [5, 5.41) is 7.74. The second-order valence-electron chi connectivity index (χ2n) is 4.32. The van der Waals surface area contributed by atoms with Crippen LogP contribution in [0.25, 0.3) is 0 Å². The SMILES string of the molecule is CC(N)c1cn(Cc2ccc(C(F)(F)F)cc2)nn1. The molecule has 4 nitrogen and oxygen atoms in total. The molecule has 1 atom stereocenters. The minimum Gasteiger partial charge on any atom is -0.323 e. The number of nitrogens with two attached hydrogens (primary N) is 1. The maximum atomic E-state index is 12.4. The number of hydrogen-bond acceptors (Lipinski definition) is 3. The summed E-state index contributed by atoms with van der Waals surface area (Å²) in [4.78, 5) is 0. The summed E-state index contributed by atoms with van der Waals surface area (Å²) in [6.45, 7) is 2.14. The van der Waals surface area contributed by atoms with Crippen molar-refractivity contribution in [3.63, 3.8) is 0 Å². The van der Waals surface area contributed by atoms with E-state index in [9.17, 15) is 13.2 Å². The average Bonchev–Trinajstić information content (AvgIpc) is 2.77. The third kappa shape index (κ3) is 3.31. The van der Waals surface area contributed by atoms with Gasteiger partial charge in [-0.1, -0.05) is 17.3 Å². The van der Waals surface area contributed by atoms with E-state index < -0.39 is 11.7 Å². The highest BCUT2D eigenvalue weighted by atomic mass is 19.4. The van der Waals surface area contributed by atoms with Crippen molar-refractivity contribution in [3.8, 4) is 0 Å². The van der Waals surface area contributed by atoms with E-state index in [0.29, 0.717) is 17.8 Å². The molecule has 1 unspecified atom stereocenters. The van der Waals surface area contributed by atoms with Crippen molar-refractivity contribution in [3.05, 3.63) is 47.3 Å². The zero-order chi connectivity index (χ0) is 14.0. The van der Waals surface area contributed by atoms with Gasteiger partial charge in [-0.15, -0.1) is 5.10 Å². The lowest BCUT2D eigenvalue weighted by Gasteiger charge is -2.07. The van der Waals surface area contributed by atoms with Crippen LogP contribution in [0.1, 0.15) is 29.8 Å². The van der Waals surface area contributed by atoms with E-state index in [1.165, 1.54) is 12.1 Å². The van der Waals surface area contributed by atoms with Gasteiger partial charge in [-0.25, -0.2) is 4.68 Å². The quantitative estimate of drug-likeness (QED) is 0.931. The van der Waals surface area contributed by atoms with Crippen LogP contribution in [-0.4, -0.2) is 15.0 Å². The standard InChI is InChI=1S/C12H13F3N4/c1-8(16)11-7-19(18-17-11)6-9-2-4-10(5-3-9)12(13,14)15/h2-5,7-8H,6,16H2,1H3. The molecule has 0 amide bonds. The molecule has 0 aliphatic carbocycles. The lowest BCUT2D eigenvalue weighted by Crippen LogP contribution is -2.06. The van der Waals surface area contributed by atoms with E-state index in [2.05, 4.69) is 10.3 Å². The summed E-state index contributed by atoms with van der Waals surface area (Å²) in [6.07, 6.45) is -2.63. The lowest BCUT2D eigenvalue weighted by molar-refractivity contribution is -0.137. The van der Waals surface area contributed by atoms with Crippen LogP contribution in [0.5, 0.6) is 0 Å². The Morgan fingerprint density at radius 1 is 1.26 bits per heavy atom. The molecule has 0 fully saturated rings. The van der Waals surface area contributed by atoms with Gasteiger partial charge in [0.2, 0.25) is 0 Å². The number of rotatable bonds is 3. The monoisotopic (exact) mass is 270 g/mol. The maximum Gasteiger partial charge on any atom is 0.416 e. The number of alkyl halides is 3. The highest BCUT2D eigenvalue weighted by Gasteiger charge is 2.29. The molecule has 2 N–H and O–H groups in total. The van der Waals surface area contributed by atoms with Crippen molar-refractivity contribution in [1.82, 2.24) is 15.0 Å². The van der Waals surface area contributed by atoms with Crippen LogP contribution in [-0.2, 0) is 12.7 Å². The van der Waals surface area contributed by atoms with Crippen LogP contribution in [0, 0.1) is 0 Å². The van der Waals surface area contributed by atoms with Gasteiger partial charge in [-0.3, -0.25) is 0 Å². The van der Waals surface area contributed by atoms with Gasteiger partial charge in [-0.05, 0) is 24.6 Å². The highest BCUT2D eigenvalue weighted by Crippen LogP contribution is 2.29. The molecule has 0 saturated carbocycles. The molecule has 2 aromatic rings. The van der Waals surface area contributed by atoms with Crippen molar-refractivity contribution in [2.45, 2.75) is 25.7 Å². The zero-order valence-electron chi connectivity index (χ0n) is 10.2. The molecule has 2 rings (SSSR count). The van der Waals surface area contributed by atoms with Crippen molar-refractivity contribution < 1.29 is 13.2 Å². The topological polar surface area (TPSA) is 56.7 Å². The largest absolute Gasteiger partial charge is 0.416 e. The van der Waals surface area contributed by atoms with Gasteiger partial charge in [0.05, 0.1) is 24.0 Å². The van der Waals surface area contributed by atoms with Crippen LogP contribution in [0.4, 0.5) is 13.2 Å². The Balaban J connectivity index is 2.11. The zero-order valence-corrected chi connectivity index (χ0v) is 10.2. The van der Waals surface area contributed by atoms with Gasteiger partial charge in [0.15, 0.2) is 0 Å². The summed E-state index contributed by atoms with van der Waals surface area (Å²) < 4.78 is 38.7. The smallest absolute Gasteiger partial charge is 0.323 e. The normalized spacial score (nSPS) is 13.5. The van der Waals surface area contributed by atoms with Crippen LogP contribution in [0.15, 0.2) is 30.5 Å². The van der Waals surface area contributed by atoms with Crippen molar-refractivity contribution >= 4 is 0 Å². The van der Waals surface area contributed by atoms with E-state index in [-0.39, 0.29) is 6.04 Å². The molecule has 0 aliphatic rings. The van der Waals surface area contributed by atoms with E-state index >= 15 is 0 Å². The van der Waals surface area contributed by atoms with Crippen molar-refractivity contribution in [1.29, 1.82) is 0 Å². The van der Waals surface area contributed by atoms with Crippen molar-refractivity contribution in [2.75, 3.05) is 0 Å². The number of hydrogen-bond donors (Lipinski definition) is 1. The predicted molar refractivity (Wildman–Crippen MR) is 63.2 cm³/mol. The minimum atomic E-state index is -4.31.